The molecule has 2 heterocycles. The number of benzene rings is 1. The molecule has 1 aliphatic heterocycles. The Bertz CT molecular complexity index is 814. The number of nitrogens with zero attached hydrogens (tertiary/aromatic N) is 1. The summed E-state index contributed by atoms with van der Waals surface area (Å²) < 4.78 is 5.17. The molecule has 136 valence electrons. The lowest BCUT2D eigenvalue weighted by molar-refractivity contribution is -0.147. The Morgan fingerprint density at radius 1 is 1.23 bits per heavy atom. The third-order valence-electron chi connectivity index (χ3n) is 4.60. The van der Waals surface area contributed by atoms with Crippen LogP contribution >= 0.6 is 11.3 Å². The molecule has 1 aromatic heterocycles. The van der Waals surface area contributed by atoms with Gasteiger partial charge in [0.1, 0.15) is 0 Å². The lowest BCUT2D eigenvalue weighted by Crippen LogP contribution is -2.30. The van der Waals surface area contributed by atoms with E-state index in [1.807, 2.05) is 50.2 Å². The number of Topliss-reactive ketones (excluding diaryl/α,β-unsaturated/α-hetero) is 1. The highest BCUT2D eigenvalue weighted by atomic mass is 32.1. The number of hydrogen-bond acceptors (Lipinski definition) is 5. The fraction of sp³-hybridized carbons (Fsp3) is 0.350. The van der Waals surface area contributed by atoms with Gasteiger partial charge in [-0.3, -0.25) is 14.4 Å². The van der Waals surface area contributed by atoms with E-state index >= 15 is 0 Å². The van der Waals surface area contributed by atoms with Crippen LogP contribution in [0.15, 0.2) is 42.5 Å². The molecule has 0 saturated carbocycles. The topological polar surface area (TPSA) is 63.7 Å². The fourth-order valence-corrected chi connectivity index (χ4v) is 3.88. The van der Waals surface area contributed by atoms with Gasteiger partial charge in [-0.05, 0) is 31.5 Å². The van der Waals surface area contributed by atoms with E-state index in [0.29, 0.717) is 11.4 Å². The summed E-state index contributed by atoms with van der Waals surface area (Å²) in [5.74, 6) is -1.28. The van der Waals surface area contributed by atoms with Crippen LogP contribution in [0.3, 0.4) is 0 Å². The lowest BCUT2D eigenvalue weighted by Gasteiger charge is -2.25. The van der Waals surface area contributed by atoms with E-state index in [2.05, 4.69) is 0 Å². The number of aryl methyl sites for hydroxylation is 1. The first-order valence-electron chi connectivity index (χ1n) is 8.56. The van der Waals surface area contributed by atoms with Crippen molar-refractivity contribution in [3.8, 4) is 0 Å². The van der Waals surface area contributed by atoms with E-state index in [-0.39, 0.29) is 30.8 Å². The van der Waals surface area contributed by atoms with Crippen LogP contribution in [0.25, 0.3) is 0 Å². The molecule has 0 bridgehead atoms. The van der Waals surface area contributed by atoms with E-state index in [4.69, 9.17) is 4.74 Å². The summed E-state index contributed by atoms with van der Waals surface area (Å²) >= 11 is 1.38. The van der Waals surface area contributed by atoms with E-state index < -0.39 is 11.9 Å². The average Bonchev–Trinajstić information content (AvgIpc) is 3.25. The molecular weight excluding hydrogens is 350 g/mol. The number of esters is 1. The first-order chi connectivity index (χ1) is 12.5. The van der Waals surface area contributed by atoms with Crippen molar-refractivity contribution < 1.29 is 19.1 Å². The number of ketones is 1. The number of likely N-dealkylation sites (tertiary alicyclic amines) is 1. The van der Waals surface area contributed by atoms with Gasteiger partial charge in [-0.15, -0.1) is 11.3 Å². The van der Waals surface area contributed by atoms with Crippen LogP contribution in [0.1, 0.15) is 39.5 Å². The summed E-state index contributed by atoms with van der Waals surface area (Å²) in [5.41, 5.74) is 1.03. The van der Waals surface area contributed by atoms with E-state index in [1.54, 1.807) is 11.0 Å². The molecule has 0 spiro atoms. The molecule has 1 saturated heterocycles. The SMILES string of the molecule is Cc1ccc(C(=O)COC(=O)[C@H]2CC(=O)N([C@@H](C)c3ccccc3)C2)s1. The van der Waals surface area contributed by atoms with Gasteiger partial charge < -0.3 is 9.64 Å². The van der Waals surface area contributed by atoms with E-state index in [1.165, 1.54) is 11.3 Å². The highest BCUT2D eigenvalue weighted by Crippen LogP contribution is 2.29. The maximum Gasteiger partial charge on any atom is 0.311 e. The van der Waals surface area contributed by atoms with Crippen LogP contribution in [0.4, 0.5) is 0 Å². The number of amides is 1. The zero-order valence-electron chi connectivity index (χ0n) is 14.8. The van der Waals surface area contributed by atoms with Gasteiger partial charge in [-0.2, -0.15) is 0 Å². The summed E-state index contributed by atoms with van der Waals surface area (Å²) in [6, 6.07) is 13.2. The minimum atomic E-state index is -0.522. The molecule has 1 aliphatic rings. The second-order valence-corrected chi connectivity index (χ2v) is 7.76. The summed E-state index contributed by atoms with van der Waals surface area (Å²) in [5, 5.41) is 0. The van der Waals surface area contributed by atoms with Crippen molar-refractivity contribution in [1.29, 1.82) is 0 Å². The monoisotopic (exact) mass is 371 g/mol. The summed E-state index contributed by atoms with van der Waals surface area (Å²) in [7, 11) is 0. The molecule has 6 heteroatoms. The molecule has 2 atom stereocenters. The Morgan fingerprint density at radius 2 is 1.96 bits per heavy atom. The first kappa shape index (κ1) is 18.3. The van der Waals surface area contributed by atoms with Gasteiger partial charge in [0.2, 0.25) is 11.7 Å². The standard InChI is InChI=1S/C20H21NO4S/c1-13-8-9-18(26-13)17(22)12-25-20(24)16-10-19(23)21(11-16)14(2)15-6-4-3-5-7-15/h3-9,14,16H,10-12H2,1-2H3/t14-,16-/m0/s1. The highest BCUT2D eigenvalue weighted by Gasteiger charge is 2.38. The van der Waals surface area contributed by atoms with Gasteiger partial charge in [-0.25, -0.2) is 0 Å². The summed E-state index contributed by atoms with van der Waals surface area (Å²) in [4.78, 5) is 40.0. The molecule has 1 amide bonds. The Labute approximate surface area is 156 Å². The van der Waals surface area contributed by atoms with Gasteiger partial charge in [0.05, 0.1) is 16.8 Å². The van der Waals surface area contributed by atoms with Crippen LogP contribution in [0, 0.1) is 12.8 Å². The number of carbonyl (C=O) groups is 3. The number of thiophene rings is 1. The molecule has 0 radical (unpaired) electrons. The molecule has 26 heavy (non-hydrogen) atoms. The molecule has 0 unspecified atom stereocenters. The molecule has 1 aromatic carbocycles. The van der Waals surface area contributed by atoms with E-state index in [9.17, 15) is 14.4 Å². The molecule has 2 aromatic rings. The van der Waals surface area contributed by atoms with Gasteiger partial charge in [0.25, 0.3) is 0 Å². The third-order valence-corrected chi connectivity index (χ3v) is 5.64. The molecule has 0 N–H and O–H groups in total. The zero-order chi connectivity index (χ0) is 18.7. The largest absolute Gasteiger partial charge is 0.457 e. The second-order valence-electron chi connectivity index (χ2n) is 6.47. The minimum Gasteiger partial charge on any atom is -0.457 e. The van der Waals surface area contributed by atoms with Gasteiger partial charge in [0.15, 0.2) is 6.61 Å². The Balaban J connectivity index is 1.56. The van der Waals surface area contributed by atoms with Crippen LogP contribution in [-0.4, -0.2) is 35.7 Å². The maximum atomic E-state index is 12.3. The number of carbonyl (C=O) groups excluding carboxylic acids is 3. The predicted octanol–water partition coefficient (Wildman–Crippen LogP) is 3.39. The molecule has 0 aliphatic carbocycles. The van der Waals surface area contributed by atoms with Crippen molar-refractivity contribution in [1.82, 2.24) is 4.90 Å². The molecule has 5 nitrogen and oxygen atoms in total. The molecule has 3 rings (SSSR count). The Hall–Kier alpha value is -2.47. The number of rotatable bonds is 6. The van der Waals surface area contributed by atoms with Gasteiger partial charge in [0, 0.05) is 17.8 Å². The quantitative estimate of drug-likeness (QED) is 0.577. The zero-order valence-corrected chi connectivity index (χ0v) is 15.6. The van der Waals surface area contributed by atoms with Crippen molar-refractivity contribution in [2.75, 3.05) is 13.2 Å². The summed E-state index contributed by atoms with van der Waals surface area (Å²) in [6.07, 6.45) is 0.127. The van der Waals surface area contributed by atoms with Crippen molar-refractivity contribution in [2.24, 2.45) is 5.92 Å². The maximum absolute atomic E-state index is 12.3. The Morgan fingerprint density at radius 3 is 2.62 bits per heavy atom. The predicted molar refractivity (Wildman–Crippen MR) is 99.0 cm³/mol. The van der Waals surface area contributed by atoms with E-state index in [0.717, 1.165) is 10.4 Å². The smallest absolute Gasteiger partial charge is 0.311 e. The summed E-state index contributed by atoms with van der Waals surface area (Å²) in [6.45, 7) is 3.90. The van der Waals surface area contributed by atoms with Crippen LogP contribution in [0.5, 0.6) is 0 Å². The number of ether oxygens (including phenoxy) is 1. The van der Waals surface area contributed by atoms with Crippen molar-refractivity contribution in [3.05, 3.63) is 57.8 Å². The van der Waals surface area contributed by atoms with Crippen molar-refractivity contribution in [3.63, 3.8) is 0 Å². The van der Waals surface area contributed by atoms with Crippen LogP contribution in [0.2, 0.25) is 0 Å². The number of hydrogen-bond donors (Lipinski definition) is 0. The van der Waals surface area contributed by atoms with Gasteiger partial charge >= 0.3 is 5.97 Å². The van der Waals surface area contributed by atoms with Gasteiger partial charge in [-0.1, -0.05) is 30.3 Å². The molecule has 1 fully saturated rings. The highest BCUT2D eigenvalue weighted by molar-refractivity contribution is 7.14. The van der Waals surface area contributed by atoms with Crippen LogP contribution < -0.4 is 0 Å². The molecular formula is C20H21NO4S. The normalized spacial score (nSPS) is 18.0. The average molecular weight is 371 g/mol. The fourth-order valence-electron chi connectivity index (χ4n) is 3.09. The first-order valence-corrected chi connectivity index (χ1v) is 9.38. The second kappa shape index (κ2) is 7.83. The van der Waals surface area contributed by atoms with Crippen molar-refractivity contribution in [2.45, 2.75) is 26.3 Å². The minimum absolute atomic E-state index is 0.0662. The van der Waals surface area contributed by atoms with Crippen molar-refractivity contribution >= 4 is 29.0 Å². The lowest BCUT2D eigenvalue weighted by atomic mass is 10.1. The van der Waals surface area contributed by atoms with Crippen LogP contribution in [-0.2, 0) is 14.3 Å². The third kappa shape index (κ3) is 4.02. The Kier molecular flexibility index (Phi) is 5.52.